The number of nitrogens with one attached hydrogen (secondary N) is 1. The number of para-hydroxylation sites is 1. The average Bonchev–Trinajstić information content (AvgIpc) is 3.12. The normalized spacial score (nSPS) is 19.9. The number of amides is 1. The van der Waals surface area contributed by atoms with Crippen LogP contribution in [0.5, 0.6) is 0 Å². The summed E-state index contributed by atoms with van der Waals surface area (Å²) < 4.78 is 1.87. The minimum absolute atomic E-state index is 0. The third-order valence-electron chi connectivity index (χ3n) is 5.49. The molecular weight excluding hydrogens is 399 g/mol. The third kappa shape index (κ3) is 4.42. The van der Waals surface area contributed by atoms with Crippen LogP contribution in [-0.4, -0.2) is 58.5 Å². The Morgan fingerprint density at radius 1 is 1.18 bits per heavy atom. The maximum absolute atomic E-state index is 13.2. The molecule has 2 aliphatic rings. The van der Waals surface area contributed by atoms with Gasteiger partial charge in [0, 0.05) is 31.9 Å². The molecular formula is C19H28Cl2N6O. The van der Waals surface area contributed by atoms with Crippen molar-refractivity contribution in [1.29, 1.82) is 0 Å². The van der Waals surface area contributed by atoms with Gasteiger partial charge in [0.2, 0.25) is 0 Å². The van der Waals surface area contributed by atoms with E-state index >= 15 is 0 Å². The van der Waals surface area contributed by atoms with E-state index in [-0.39, 0.29) is 36.8 Å². The summed E-state index contributed by atoms with van der Waals surface area (Å²) in [6.45, 7) is 5.46. The first kappa shape index (κ1) is 22.5. The van der Waals surface area contributed by atoms with Gasteiger partial charge in [0.1, 0.15) is 0 Å². The van der Waals surface area contributed by atoms with Crippen molar-refractivity contribution in [2.45, 2.75) is 38.4 Å². The molecule has 4 rings (SSSR count). The maximum atomic E-state index is 13.2. The number of fused-ring (bicyclic) bond motifs is 1. The molecule has 1 aromatic carbocycles. The predicted molar refractivity (Wildman–Crippen MR) is 115 cm³/mol. The van der Waals surface area contributed by atoms with Crippen molar-refractivity contribution < 1.29 is 4.79 Å². The molecule has 1 aromatic heterocycles. The van der Waals surface area contributed by atoms with Gasteiger partial charge in [-0.05, 0) is 44.5 Å². The molecule has 1 atom stereocenters. The van der Waals surface area contributed by atoms with Crippen LogP contribution in [0.15, 0.2) is 30.5 Å². The summed E-state index contributed by atoms with van der Waals surface area (Å²) in [7, 11) is 2.08. The molecule has 3 heterocycles. The second-order valence-electron chi connectivity index (χ2n) is 7.36. The number of likely N-dealkylation sites (N-methyl/N-ethyl adjacent to an activating group) is 1. The van der Waals surface area contributed by atoms with Crippen LogP contribution in [0.2, 0.25) is 0 Å². The number of hydrogen-bond donors (Lipinski definition) is 1. The van der Waals surface area contributed by atoms with E-state index in [2.05, 4.69) is 46.6 Å². The van der Waals surface area contributed by atoms with E-state index in [0.717, 1.165) is 32.5 Å². The minimum atomic E-state index is -0.0391. The summed E-state index contributed by atoms with van der Waals surface area (Å²) in [6, 6.07) is 8.71. The van der Waals surface area contributed by atoms with Crippen LogP contribution in [0, 0.1) is 0 Å². The lowest BCUT2D eigenvalue weighted by Crippen LogP contribution is -2.42. The van der Waals surface area contributed by atoms with E-state index in [0.29, 0.717) is 18.3 Å². The SMILES string of the molecule is CC1CN(C)c2ccccc2CN1C(=O)c1cn(C2CCNCC2)nn1.Cl.Cl. The number of hydrogen-bond acceptors (Lipinski definition) is 5. The van der Waals surface area contributed by atoms with Crippen LogP contribution in [-0.2, 0) is 6.54 Å². The molecule has 1 amide bonds. The Hall–Kier alpha value is -1.83. The molecule has 1 unspecified atom stereocenters. The predicted octanol–water partition coefficient (Wildman–Crippen LogP) is 2.53. The molecule has 7 nitrogen and oxygen atoms in total. The van der Waals surface area contributed by atoms with Crippen molar-refractivity contribution in [3.05, 3.63) is 41.7 Å². The third-order valence-corrected chi connectivity index (χ3v) is 5.49. The van der Waals surface area contributed by atoms with Crippen LogP contribution in [0.4, 0.5) is 5.69 Å². The molecule has 0 saturated carbocycles. The number of nitrogens with zero attached hydrogens (tertiary/aromatic N) is 5. The van der Waals surface area contributed by atoms with E-state index in [4.69, 9.17) is 0 Å². The fourth-order valence-electron chi connectivity index (χ4n) is 3.99. The van der Waals surface area contributed by atoms with Gasteiger partial charge >= 0.3 is 0 Å². The lowest BCUT2D eigenvalue weighted by atomic mass is 10.1. The van der Waals surface area contributed by atoms with Gasteiger partial charge in [0.05, 0.1) is 12.2 Å². The maximum Gasteiger partial charge on any atom is 0.276 e. The van der Waals surface area contributed by atoms with Gasteiger partial charge < -0.3 is 15.1 Å². The average molecular weight is 427 g/mol. The van der Waals surface area contributed by atoms with Crippen LogP contribution in [0.1, 0.15) is 41.9 Å². The Labute approximate surface area is 178 Å². The molecule has 1 fully saturated rings. The Kier molecular flexibility index (Phi) is 7.69. The number of piperidine rings is 1. The van der Waals surface area contributed by atoms with Gasteiger partial charge in [0.15, 0.2) is 5.69 Å². The molecule has 0 aliphatic carbocycles. The standard InChI is InChI=1S/C19H26N6O.2ClH/c1-14-11-23(2)18-6-4-3-5-15(18)12-24(14)19(26)17-13-25(22-21-17)16-7-9-20-10-8-16;;/h3-6,13-14,16,20H,7-12H2,1-2H3;2*1H. The number of aromatic nitrogens is 3. The fraction of sp³-hybridized carbons (Fsp3) is 0.526. The van der Waals surface area contributed by atoms with Gasteiger partial charge in [-0.1, -0.05) is 23.4 Å². The van der Waals surface area contributed by atoms with Crippen LogP contribution in [0.3, 0.4) is 0 Å². The first-order valence-corrected chi connectivity index (χ1v) is 9.36. The molecule has 28 heavy (non-hydrogen) atoms. The number of benzene rings is 1. The van der Waals surface area contributed by atoms with E-state index in [1.807, 2.05) is 27.9 Å². The van der Waals surface area contributed by atoms with Gasteiger partial charge in [-0.25, -0.2) is 4.68 Å². The van der Waals surface area contributed by atoms with Crippen molar-refractivity contribution in [3.8, 4) is 0 Å². The number of carbonyl (C=O) groups is 1. The van der Waals surface area contributed by atoms with Crippen molar-refractivity contribution in [2.24, 2.45) is 0 Å². The van der Waals surface area contributed by atoms with Crippen LogP contribution < -0.4 is 10.2 Å². The molecule has 1 saturated heterocycles. The smallest absolute Gasteiger partial charge is 0.276 e. The summed E-state index contributed by atoms with van der Waals surface area (Å²) in [5, 5.41) is 11.8. The monoisotopic (exact) mass is 426 g/mol. The van der Waals surface area contributed by atoms with Crippen LogP contribution in [0.25, 0.3) is 0 Å². The van der Waals surface area contributed by atoms with Crippen molar-refractivity contribution in [3.63, 3.8) is 0 Å². The quantitative estimate of drug-likeness (QED) is 0.798. The Bertz CT molecular complexity index is 792. The first-order valence-electron chi connectivity index (χ1n) is 9.36. The topological polar surface area (TPSA) is 66.3 Å². The van der Waals surface area contributed by atoms with Crippen molar-refractivity contribution >= 4 is 36.4 Å². The summed E-state index contributed by atoms with van der Waals surface area (Å²) in [6.07, 6.45) is 3.87. The molecule has 9 heteroatoms. The molecule has 0 spiro atoms. The molecule has 2 aliphatic heterocycles. The summed E-state index contributed by atoms with van der Waals surface area (Å²) in [5.74, 6) is -0.0391. The Morgan fingerprint density at radius 2 is 1.89 bits per heavy atom. The van der Waals surface area contributed by atoms with Crippen LogP contribution >= 0.6 is 24.8 Å². The lowest BCUT2D eigenvalue weighted by molar-refractivity contribution is 0.0681. The number of halogens is 2. The Balaban J connectivity index is 0.00000140. The highest BCUT2D eigenvalue weighted by Gasteiger charge is 2.29. The first-order chi connectivity index (χ1) is 12.6. The zero-order chi connectivity index (χ0) is 18.1. The van der Waals surface area contributed by atoms with E-state index in [9.17, 15) is 4.79 Å². The second-order valence-corrected chi connectivity index (χ2v) is 7.36. The summed E-state index contributed by atoms with van der Waals surface area (Å²) >= 11 is 0. The molecule has 154 valence electrons. The molecule has 1 N–H and O–H groups in total. The summed E-state index contributed by atoms with van der Waals surface area (Å²) in [4.78, 5) is 17.3. The fourth-order valence-corrected chi connectivity index (χ4v) is 3.99. The van der Waals surface area contributed by atoms with Gasteiger partial charge in [-0.2, -0.15) is 0 Å². The van der Waals surface area contributed by atoms with E-state index < -0.39 is 0 Å². The zero-order valence-corrected chi connectivity index (χ0v) is 17.9. The van der Waals surface area contributed by atoms with Gasteiger partial charge in [-0.15, -0.1) is 29.9 Å². The zero-order valence-electron chi connectivity index (χ0n) is 16.2. The largest absolute Gasteiger partial charge is 0.372 e. The lowest BCUT2D eigenvalue weighted by Gasteiger charge is -2.27. The van der Waals surface area contributed by atoms with Crippen molar-refractivity contribution in [1.82, 2.24) is 25.2 Å². The molecule has 2 aromatic rings. The van der Waals surface area contributed by atoms with Gasteiger partial charge in [-0.3, -0.25) is 4.79 Å². The second kappa shape index (κ2) is 9.58. The number of rotatable bonds is 2. The summed E-state index contributed by atoms with van der Waals surface area (Å²) in [5.41, 5.74) is 2.80. The van der Waals surface area contributed by atoms with E-state index in [1.165, 1.54) is 11.3 Å². The highest BCUT2D eigenvalue weighted by atomic mass is 35.5. The molecule has 0 radical (unpaired) electrons. The molecule has 0 bridgehead atoms. The highest BCUT2D eigenvalue weighted by molar-refractivity contribution is 5.92. The van der Waals surface area contributed by atoms with Gasteiger partial charge in [0.25, 0.3) is 5.91 Å². The van der Waals surface area contributed by atoms with Crippen molar-refractivity contribution in [2.75, 3.05) is 31.6 Å². The number of carbonyl (C=O) groups excluding carboxylic acids is 1. The highest BCUT2D eigenvalue weighted by Crippen LogP contribution is 2.27. The number of anilines is 1. The van der Waals surface area contributed by atoms with E-state index in [1.54, 1.807) is 0 Å². The Morgan fingerprint density at radius 3 is 2.64 bits per heavy atom. The minimum Gasteiger partial charge on any atom is -0.372 e.